The van der Waals surface area contributed by atoms with E-state index in [1.807, 2.05) is 6.07 Å². The molecule has 2 heterocycles. The van der Waals surface area contributed by atoms with Crippen LogP contribution in [0, 0.1) is 11.3 Å². The molecule has 2 aromatic heterocycles. The van der Waals surface area contributed by atoms with Gasteiger partial charge in [-0.25, -0.2) is 4.98 Å². The quantitative estimate of drug-likeness (QED) is 0.600. The average Bonchev–Trinajstić information content (AvgIpc) is 2.54. The van der Waals surface area contributed by atoms with Gasteiger partial charge in [0.1, 0.15) is 11.9 Å². The second-order valence-electron chi connectivity index (χ2n) is 2.44. The van der Waals surface area contributed by atoms with E-state index in [1.54, 1.807) is 12.3 Å². The van der Waals surface area contributed by atoms with E-state index < -0.39 is 0 Å². The smallest absolute Gasteiger partial charge is 0.132 e. The molecule has 2 rings (SSSR count). The third-order valence-corrected chi connectivity index (χ3v) is 1.75. The second kappa shape index (κ2) is 2.24. The third kappa shape index (κ3) is 0.736. The molecule has 0 amide bonds. The zero-order valence-corrected chi connectivity index (χ0v) is 6.20. The number of hydrogen-bond donors (Lipinski definition) is 2. The first kappa shape index (κ1) is 6.68. The van der Waals surface area contributed by atoms with Crippen LogP contribution in [0.15, 0.2) is 18.5 Å². The van der Waals surface area contributed by atoms with Crippen LogP contribution < -0.4 is 5.73 Å². The van der Waals surface area contributed by atoms with Crippen LogP contribution in [0.4, 0.5) is 5.82 Å². The minimum atomic E-state index is 0.449. The van der Waals surface area contributed by atoms with Gasteiger partial charge in [0.25, 0.3) is 0 Å². The standard InChI is InChI=1S/C8H6N4/c9-3-5-4-12-8(10)6-1-2-11-7(5)6/h1-2,4,11H,(H2,10,12). The number of nitrogen functional groups attached to an aromatic ring is 1. The van der Waals surface area contributed by atoms with Gasteiger partial charge < -0.3 is 10.7 Å². The molecule has 0 spiro atoms. The minimum Gasteiger partial charge on any atom is -0.383 e. The highest BCUT2D eigenvalue weighted by Crippen LogP contribution is 2.19. The molecule has 2 aromatic rings. The van der Waals surface area contributed by atoms with Crippen LogP contribution in [-0.2, 0) is 0 Å². The van der Waals surface area contributed by atoms with Crippen molar-refractivity contribution in [1.82, 2.24) is 9.97 Å². The summed E-state index contributed by atoms with van der Waals surface area (Å²) in [6, 6.07) is 3.84. The lowest BCUT2D eigenvalue weighted by Gasteiger charge is -1.95. The van der Waals surface area contributed by atoms with Gasteiger partial charge in [-0.05, 0) is 6.07 Å². The van der Waals surface area contributed by atoms with Crippen molar-refractivity contribution in [2.24, 2.45) is 0 Å². The number of H-pyrrole nitrogens is 1. The zero-order chi connectivity index (χ0) is 8.55. The number of nitrogens with zero attached hydrogens (tertiary/aromatic N) is 2. The Morgan fingerprint density at radius 1 is 1.58 bits per heavy atom. The number of fused-ring (bicyclic) bond motifs is 1. The minimum absolute atomic E-state index is 0.449. The summed E-state index contributed by atoms with van der Waals surface area (Å²) in [5.74, 6) is 0.449. The molecule has 0 saturated carbocycles. The molecule has 0 saturated heterocycles. The molecular weight excluding hydrogens is 152 g/mol. The molecular formula is C8H6N4. The van der Waals surface area contributed by atoms with E-state index in [0.29, 0.717) is 11.4 Å². The number of nitriles is 1. The van der Waals surface area contributed by atoms with Crippen molar-refractivity contribution in [3.63, 3.8) is 0 Å². The van der Waals surface area contributed by atoms with Gasteiger partial charge in [0, 0.05) is 17.8 Å². The zero-order valence-electron chi connectivity index (χ0n) is 6.20. The van der Waals surface area contributed by atoms with Gasteiger partial charge in [0.05, 0.1) is 11.1 Å². The number of rotatable bonds is 0. The number of hydrogen-bond acceptors (Lipinski definition) is 3. The van der Waals surface area contributed by atoms with Gasteiger partial charge in [-0.15, -0.1) is 0 Å². The summed E-state index contributed by atoms with van der Waals surface area (Å²) in [6.45, 7) is 0. The highest BCUT2D eigenvalue weighted by molar-refractivity contribution is 5.92. The van der Waals surface area contributed by atoms with E-state index in [0.717, 1.165) is 10.9 Å². The highest BCUT2D eigenvalue weighted by Gasteiger charge is 2.04. The van der Waals surface area contributed by atoms with Crippen molar-refractivity contribution in [1.29, 1.82) is 5.26 Å². The van der Waals surface area contributed by atoms with Crippen molar-refractivity contribution in [3.8, 4) is 6.07 Å². The van der Waals surface area contributed by atoms with Crippen LogP contribution in [0.1, 0.15) is 5.56 Å². The van der Waals surface area contributed by atoms with Crippen LogP contribution in [0.3, 0.4) is 0 Å². The molecule has 0 bridgehead atoms. The Morgan fingerprint density at radius 3 is 3.17 bits per heavy atom. The maximum Gasteiger partial charge on any atom is 0.132 e. The first-order valence-electron chi connectivity index (χ1n) is 3.44. The Morgan fingerprint density at radius 2 is 2.42 bits per heavy atom. The van der Waals surface area contributed by atoms with Crippen molar-refractivity contribution >= 4 is 16.7 Å². The molecule has 3 N–H and O–H groups in total. The molecule has 0 fully saturated rings. The third-order valence-electron chi connectivity index (χ3n) is 1.75. The normalized spacial score (nSPS) is 9.92. The fraction of sp³-hybridized carbons (Fsp3) is 0. The molecule has 4 heteroatoms. The van der Waals surface area contributed by atoms with Crippen molar-refractivity contribution < 1.29 is 0 Å². The number of nitrogens with one attached hydrogen (secondary N) is 1. The molecule has 0 aliphatic rings. The molecule has 58 valence electrons. The lowest BCUT2D eigenvalue weighted by atomic mass is 10.2. The molecule has 0 aromatic carbocycles. The predicted octanol–water partition coefficient (Wildman–Crippen LogP) is 1.02. The first-order valence-corrected chi connectivity index (χ1v) is 3.44. The van der Waals surface area contributed by atoms with Gasteiger partial charge in [-0.2, -0.15) is 5.26 Å². The van der Waals surface area contributed by atoms with Gasteiger partial charge in [0.15, 0.2) is 0 Å². The van der Waals surface area contributed by atoms with Crippen LogP contribution in [0.5, 0.6) is 0 Å². The molecule has 4 nitrogen and oxygen atoms in total. The van der Waals surface area contributed by atoms with E-state index in [9.17, 15) is 0 Å². The maximum absolute atomic E-state index is 8.69. The van der Waals surface area contributed by atoms with E-state index in [2.05, 4.69) is 9.97 Å². The fourth-order valence-electron chi connectivity index (χ4n) is 1.16. The Balaban J connectivity index is 2.94. The van der Waals surface area contributed by atoms with E-state index in [4.69, 9.17) is 11.0 Å². The first-order chi connectivity index (χ1) is 5.83. The van der Waals surface area contributed by atoms with Crippen LogP contribution in [0.25, 0.3) is 10.9 Å². The summed E-state index contributed by atoms with van der Waals surface area (Å²) >= 11 is 0. The maximum atomic E-state index is 8.69. The Kier molecular flexibility index (Phi) is 1.25. The van der Waals surface area contributed by atoms with Crippen LogP contribution in [-0.4, -0.2) is 9.97 Å². The van der Waals surface area contributed by atoms with Crippen LogP contribution >= 0.6 is 0 Å². The van der Waals surface area contributed by atoms with Crippen molar-refractivity contribution in [2.75, 3.05) is 5.73 Å². The molecule has 12 heavy (non-hydrogen) atoms. The predicted molar refractivity (Wildman–Crippen MR) is 45.2 cm³/mol. The summed E-state index contributed by atoms with van der Waals surface area (Å²) in [5, 5.41) is 9.49. The largest absolute Gasteiger partial charge is 0.383 e. The molecule has 0 unspecified atom stereocenters. The Hall–Kier alpha value is -2.02. The van der Waals surface area contributed by atoms with E-state index in [-0.39, 0.29) is 0 Å². The average molecular weight is 158 g/mol. The number of nitrogens with two attached hydrogens (primary N) is 1. The number of anilines is 1. The van der Waals surface area contributed by atoms with Gasteiger partial charge in [0.2, 0.25) is 0 Å². The highest BCUT2D eigenvalue weighted by atomic mass is 14.8. The summed E-state index contributed by atoms with van der Waals surface area (Å²) < 4.78 is 0. The number of aromatic nitrogens is 2. The van der Waals surface area contributed by atoms with Crippen molar-refractivity contribution in [3.05, 3.63) is 24.0 Å². The van der Waals surface area contributed by atoms with E-state index in [1.165, 1.54) is 6.20 Å². The molecule has 0 atom stereocenters. The Bertz CT molecular complexity index is 463. The van der Waals surface area contributed by atoms with Crippen molar-refractivity contribution in [2.45, 2.75) is 0 Å². The second-order valence-corrected chi connectivity index (χ2v) is 2.44. The van der Waals surface area contributed by atoms with Crippen LogP contribution in [0.2, 0.25) is 0 Å². The molecule has 0 radical (unpaired) electrons. The molecule has 0 aliphatic carbocycles. The van der Waals surface area contributed by atoms with E-state index >= 15 is 0 Å². The number of aromatic amines is 1. The number of pyridine rings is 1. The Labute approximate surface area is 68.6 Å². The molecule has 0 aliphatic heterocycles. The topological polar surface area (TPSA) is 78.5 Å². The van der Waals surface area contributed by atoms with Gasteiger partial charge in [-0.3, -0.25) is 0 Å². The van der Waals surface area contributed by atoms with Gasteiger partial charge in [-0.1, -0.05) is 0 Å². The summed E-state index contributed by atoms with van der Waals surface area (Å²) in [7, 11) is 0. The summed E-state index contributed by atoms with van der Waals surface area (Å²) in [4.78, 5) is 6.82. The summed E-state index contributed by atoms with van der Waals surface area (Å²) in [5.41, 5.74) is 6.86. The SMILES string of the molecule is N#Cc1cnc(N)c2cc[nH]c12. The summed E-state index contributed by atoms with van der Waals surface area (Å²) in [6.07, 6.45) is 3.21. The lowest BCUT2D eigenvalue weighted by molar-refractivity contribution is 1.33. The monoisotopic (exact) mass is 158 g/mol. The van der Waals surface area contributed by atoms with Gasteiger partial charge >= 0.3 is 0 Å². The fourth-order valence-corrected chi connectivity index (χ4v) is 1.16. The lowest BCUT2D eigenvalue weighted by Crippen LogP contribution is -1.91.